The quantitative estimate of drug-likeness (QED) is 0.388. The molecule has 8 nitrogen and oxygen atoms in total. The van der Waals surface area contributed by atoms with Crippen molar-refractivity contribution >= 4 is 12.2 Å². The predicted octanol–water partition coefficient (Wildman–Crippen LogP) is 1.16. The van der Waals surface area contributed by atoms with Gasteiger partial charge in [-0.05, 0) is 37.4 Å². The van der Waals surface area contributed by atoms with Crippen molar-refractivity contribution in [3.8, 4) is 11.5 Å². The maximum Gasteiger partial charge on any atom is 0.307 e. The minimum atomic E-state index is -0.720. The third-order valence-corrected chi connectivity index (χ3v) is 4.33. The van der Waals surface area contributed by atoms with Gasteiger partial charge in [0.05, 0.1) is 12.1 Å². The lowest BCUT2D eigenvalue weighted by Gasteiger charge is -2.27. The van der Waals surface area contributed by atoms with Gasteiger partial charge in [-0.15, -0.1) is 0 Å². The van der Waals surface area contributed by atoms with Crippen molar-refractivity contribution in [3.63, 3.8) is 0 Å². The first-order chi connectivity index (χ1) is 12.7. The summed E-state index contributed by atoms with van der Waals surface area (Å²) in [6.45, 7) is 2.12. The van der Waals surface area contributed by atoms with Gasteiger partial charge in [-0.25, -0.2) is 9.97 Å². The molecule has 8 heteroatoms. The minimum absolute atomic E-state index is 0.285. The Morgan fingerprint density at radius 2 is 2.15 bits per heavy atom. The molecule has 0 spiro atoms. The van der Waals surface area contributed by atoms with Crippen molar-refractivity contribution in [3.05, 3.63) is 42.4 Å². The zero-order valence-electron chi connectivity index (χ0n) is 14.4. The molecule has 26 heavy (non-hydrogen) atoms. The summed E-state index contributed by atoms with van der Waals surface area (Å²) >= 11 is 0. The van der Waals surface area contributed by atoms with E-state index in [2.05, 4.69) is 30.8 Å². The number of hydrogen-bond acceptors (Lipinski definition) is 7. The van der Waals surface area contributed by atoms with Gasteiger partial charge in [0.2, 0.25) is 0 Å². The van der Waals surface area contributed by atoms with Crippen LogP contribution in [0.3, 0.4) is 0 Å². The Bertz CT molecular complexity index is 735. The number of aromatic nitrogens is 3. The Balaban J connectivity index is 1.42. The molecule has 1 aliphatic rings. The second-order valence-corrected chi connectivity index (χ2v) is 6.31. The molecule has 3 heterocycles. The lowest BCUT2D eigenvalue weighted by molar-refractivity contribution is -0.142. The van der Waals surface area contributed by atoms with Crippen LogP contribution in [0.15, 0.2) is 41.9 Å². The second kappa shape index (κ2) is 9.00. The lowest BCUT2D eigenvalue weighted by Crippen LogP contribution is -2.40. The highest BCUT2D eigenvalue weighted by Crippen LogP contribution is 2.19. The van der Waals surface area contributed by atoms with Gasteiger partial charge in [0, 0.05) is 37.2 Å². The summed E-state index contributed by atoms with van der Waals surface area (Å²) in [5, 5.41) is 16.4. The van der Waals surface area contributed by atoms with Crippen LogP contribution < -0.4 is 10.7 Å². The smallest absolute Gasteiger partial charge is 0.307 e. The molecule has 0 amide bonds. The molecule has 1 aliphatic heterocycles. The molecular weight excluding hydrogens is 332 g/mol. The first-order valence-corrected chi connectivity index (χ1v) is 8.65. The van der Waals surface area contributed by atoms with Gasteiger partial charge in [0.1, 0.15) is 5.69 Å². The molecule has 136 valence electrons. The standard InChI is InChI=1S/C18H22N6O2/c25-18(26)15-7-13(8-19-12-15)4-6-23-24-11-14-9-21-17(22-10-14)16-3-1-2-5-20-16/h1-3,5,9-11,13,15,19,23H,4,6-8,12H2,(H,25,26)/b24-11+/t13-,15+/m0/s1. The molecule has 0 bridgehead atoms. The monoisotopic (exact) mass is 354 g/mol. The maximum absolute atomic E-state index is 11.1. The van der Waals surface area contributed by atoms with Crippen LogP contribution in [0.2, 0.25) is 0 Å². The summed E-state index contributed by atoms with van der Waals surface area (Å²) in [4.78, 5) is 23.8. The number of carboxylic acids is 1. The molecule has 2 atom stereocenters. The SMILES string of the molecule is O=C(O)[C@H]1CNC[C@@H](CCN/N=C/c2cnc(-c3ccccn3)nc2)C1. The van der Waals surface area contributed by atoms with E-state index in [1.165, 1.54) is 0 Å². The Morgan fingerprint density at radius 3 is 2.88 bits per heavy atom. The van der Waals surface area contributed by atoms with Crippen LogP contribution in [-0.2, 0) is 4.79 Å². The van der Waals surface area contributed by atoms with E-state index in [1.807, 2.05) is 18.2 Å². The average Bonchev–Trinajstić information content (AvgIpc) is 2.69. The van der Waals surface area contributed by atoms with Gasteiger partial charge in [0.25, 0.3) is 0 Å². The first kappa shape index (κ1) is 17.9. The number of carbonyl (C=O) groups is 1. The van der Waals surface area contributed by atoms with E-state index in [4.69, 9.17) is 5.11 Å². The fourth-order valence-electron chi connectivity index (χ4n) is 2.92. The highest BCUT2D eigenvalue weighted by Gasteiger charge is 2.26. The molecule has 1 saturated heterocycles. The maximum atomic E-state index is 11.1. The average molecular weight is 354 g/mol. The number of hydrogen-bond donors (Lipinski definition) is 3. The highest BCUT2D eigenvalue weighted by atomic mass is 16.4. The molecule has 1 fully saturated rings. The van der Waals surface area contributed by atoms with Gasteiger partial charge in [-0.3, -0.25) is 9.78 Å². The van der Waals surface area contributed by atoms with Crippen molar-refractivity contribution < 1.29 is 9.90 Å². The number of aliphatic carboxylic acids is 1. The Hall–Kier alpha value is -2.87. The molecule has 3 N–H and O–H groups in total. The predicted molar refractivity (Wildman–Crippen MR) is 97.6 cm³/mol. The van der Waals surface area contributed by atoms with E-state index >= 15 is 0 Å². The topological polar surface area (TPSA) is 112 Å². The van der Waals surface area contributed by atoms with Crippen LogP contribution in [0.4, 0.5) is 0 Å². The van der Waals surface area contributed by atoms with E-state index < -0.39 is 5.97 Å². The fourth-order valence-corrected chi connectivity index (χ4v) is 2.92. The Morgan fingerprint density at radius 1 is 1.31 bits per heavy atom. The van der Waals surface area contributed by atoms with Crippen LogP contribution in [0, 0.1) is 11.8 Å². The molecule has 2 aromatic heterocycles. The minimum Gasteiger partial charge on any atom is -0.481 e. The molecule has 0 aliphatic carbocycles. The molecular formula is C18H22N6O2. The van der Waals surface area contributed by atoms with E-state index in [1.54, 1.807) is 24.8 Å². The summed E-state index contributed by atoms with van der Waals surface area (Å²) in [5.41, 5.74) is 4.52. The summed E-state index contributed by atoms with van der Waals surface area (Å²) in [7, 11) is 0. The van der Waals surface area contributed by atoms with Crippen molar-refractivity contribution in [2.24, 2.45) is 16.9 Å². The van der Waals surface area contributed by atoms with Crippen molar-refractivity contribution in [1.82, 2.24) is 25.7 Å². The van der Waals surface area contributed by atoms with Crippen molar-refractivity contribution in [1.29, 1.82) is 0 Å². The number of nitrogens with zero attached hydrogens (tertiary/aromatic N) is 4. The molecule has 3 rings (SSSR count). The first-order valence-electron chi connectivity index (χ1n) is 8.65. The van der Waals surface area contributed by atoms with Gasteiger partial charge in [-0.2, -0.15) is 5.10 Å². The van der Waals surface area contributed by atoms with Crippen molar-refractivity contribution in [2.45, 2.75) is 12.8 Å². The number of rotatable bonds is 7. The van der Waals surface area contributed by atoms with Crippen LogP contribution in [0.25, 0.3) is 11.5 Å². The fraction of sp³-hybridized carbons (Fsp3) is 0.389. The number of pyridine rings is 1. The second-order valence-electron chi connectivity index (χ2n) is 6.31. The number of hydrazone groups is 1. The van der Waals surface area contributed by atoms with E-state index in [0.29, 0.717) is 24.8 Å². The summed E-state index contributed by atoms with van der Waals surface area (Å²) in [5.74, 6) is -0.0728. The van der Waals surface area contributed by atoms with Gasteiger partial charge in [-0.1, -0.05) is 6.07 Å². The lowest BCUT2D eigenvalue weighted by atomic mass is 9.88. The zero-order chi connectivity index (χ0) is 18.2. The molecule has 0 aromatic carbocycles. The number of piperidine rings is 1. The largest absolute Gasteiger partial charge is 0.481 e. The van der Waals surface area contributed by atoms with Crippen LogP contribution >= 0.6 is 0 Å². The van der Waals surface area contributed by atoms with Gasteiger partial charge >= 0.3 is 5.97 Å². The Kier molecular flexibility index (Phi) is 6.21. The Labute approximate surface area is 151 Å². The molecule has 0 radical (unpaired) electrons. The molecule has 0 unspecified atom stereocenters. The van der Waals surface area contributed by atoms with Crippen LogP contribution in [0.5, 0.6) is 0 Å². The molecule has 0 saturated carbocycles. The van der Waals surface area contributed by atoms with Crippen LogP contribution in [0.1, 0.15) is 18.4 Å². The summed E-state index contributed by atoms with van der Waals surface area (Å²) in [6.07, 6.45) is 8.37. The van der Waals surface area contributed by atoms with E-state index in [0.717, 1.165) is 30.6 Å². The normalized spacial score (nSPS) is 20.2. The zero-order valence-corrected chi connectivity index (χ0v) is 14.4. The summed E-state index contributed by atoms with van der Waals surface area (Å²) in [6, 6.07) is 5.60. The van der Waals surface area contributed by atoms with Gasteiger partial charge in [0.15, 0.2) is 5.82 Å². The van der Waals surface area contributed by atoms with E-state index in [9.17, 15) is 4.79 Å². The third kappa shape index (κ3) is 5.06. The summed E-state index contributed by atoms with van der Waals surface area (Å²) < 4.78 is 0. The number of nitrogens with one attached hydrogen (secondary N) is 2. The van der Waals surface area contributed by atoms with E-state index in [-0.39, 0.29) is 5.92 Å². The van der Waals surface area contributed by atoms with Crippen LogP contribution in [-0.4, -0.2) is 51.9 Å². The number of carboxylic acid groups (broad SMARTS) is 1. The van der Waals surface area contributed by atoms with Gasteiger partial charge < -0.3 is 15.8 Å². The molecule has 2 aromatic rings. The highest BCUT2D eigenvalue weighted by molar-refractivity contribution is 5.78. The third-order valence-electron chi connectivity index (χ3n) is 4.33. The van der Waals surface area contributed by atoms with Crippen molar-refractivity contribution in [2.75, 3.05) is 19.6 Å².